The largest absolute Gasteiger partial charge is 0.297 e. The normalized spacial score (nSPS) is 17.0. The van der Waals surface area contributed by atoms with Crippen molar-refractivity contribution in [2.45, 2.75) is 45.6 Å². The van der Waals surface area contributed by atoms with Crippen LogP contribution < -0.4 is 5.56 Å². The molecule has 1 saturated carbocycles. The Labute approximate surface area is 101 Å². The highest BCUT2D eigenvalue weighted by atomic mass is 16.1. The van der Waals surface area contributed by atoms with Crippen molar-refractivity contribution in [3.05, 3.63) is 28.4 Å². The quantitative estimate of drug-likeness (QED) is 0.800. The van der Waals surface area contributed by atoms with Gasteiger partial charge in [0.15, 0.2) is 5.78 Å². The highest BCUT2D eigenvalue weighted by Gasteiger charge is 2.21. The Hall–Kier alpha value is -1.45. The van der Waals surface area contributed by atoms with E-state index in [0.717, 1.165) is 25.7 Å². The van der Waals surface area contributed by atoms with E-state index in [4.69, 9.17) is 0 Å². The summed E-state index contributed by atoms with van der Waals surface area (Å²) in [5.41, 5.74) is 0.554. The molecule has 1 heterocycles. The Kier molecular flexibility index (Phi) is 3.71. The lowest BCUT2D eigenvalue weighted by atomic mass is 9.86. The van der Waals surface area contributed by atoms with Crippen molar-refractivity contribution in [2.75, 3.05) is 0 Å². The first kappa shape index (κ1) is 12.0. The zero-order valence-corrected chi connectivity index (χ0v) is 10.2. The molecule has 4 heteroatoms. The molecular formula is C13H18N2O2. The second-order valence-electron chi connectivity index (χ2n) is 4.80. The van der Waals surface area contributed by atoms with Crippen LogP contribution in [0.2, 0.25) is 0 Å². The molecule has 0 atom stereocenters. The lowest BCUT2D eigenvalue weighted by Crippen LogP contribution is -2.28. The zero-order valence-electron chi connectivity index (χ0n) is 10.2. The minimum Gasteiger partial charge on any atom is -0.297 e. The highest BCUT2D eigenvalue weighted by Crippen LogP contribution is 2.24. The summed E-state index contributed by atoms with van der Waals surface area (Å²) in [7, 11) is 0. The monoisotopic (exact) mass is 234 g/mol. The van der Waals surface area contributed by atoms with E-state index in [1.165, 1.54) is 23.4 Å². The number of ketones is 1. The van der Waals surface area contributed by atoms with Gasteiger partial charge in [0.25, 0.3) is 5.56 Å². The molecule has 0 aliphatic heterocycles. The van der Waals surface area contributed by atoms with Crippen molar-refractivity contribution in [2.24, 2.45) is 5.92 Å². The third-order valence-electron chi connectivity index (χ3n) is 3.40. The van der Waals surface area contributed by atoms with Crippen LogP contribution in [0.25, 0.3) is 0 Å². The van der Waals surface area contributed by atoms with E-state index >= 15 is 0 Å². The van der Waals surface area contributed by atoms with Crippen molar-refractivity contribution in [1.29, 1.82) is 0 Å². The minimum absolute atomic E-state index is 0.137. The van der Waals surface area contributed by atoms with Gasteiger partial charge in [-0.3, -0.25) is 14.2 Å². The van der Waals surface area contributed by atoms with Gasteiger partial charge in [-0.25, -0.2) is 4.98 Å². The van der Waals surface area contributed by atoms with E-state index in [2.05, 4.69) is 4.98 Å². The number of carbonyl (C=O) groups is 1. The Balaban J connectivity index is 2.04. The molecule has 0 saturated heterocycles. The SMILES string of the molecule is Cc1cc(=O)n(CC(=O)C2CCCCC2)cn1. The fourth-order valence-electron chi connectivity index (χ4n) is 2.36. The maximum absolute atomic E-state index is 12.0. The van der Waals surface area contributed by atoms with E-state index < -0.39 is 0 Å². The maximum Gasteiger partial charge on any atom is 0.253 e. The summed E-state index contributed by atoms with van der Waals surface area (Å²) in [6, 6.07) is 1.47. The van der Waals surface area contributed by atoms with Crippen LogP contribution in [-0.4, -0.2) is 15.3 Å². The van der Waals surface area contributed by atoms with Crippen molar-refractivity contribution < 1.29 is 4.79 Å². The third-order valence-corrected chi connectivity index (χ3v) is 3.40. The minimum atomic E-state index is -0.137. The van der Waals surface area contributed by atoms with Crippen molar-refractivity contribution in [3.63, 3.8) is 0 Å². The number of carbonyl (C=O) groups excluding carboxylic acids is 1. The molecular weight excluding hydrogens is 216 g/mol. The van der Waals surface area contributed by atoms with Gasteiger partial charge in [0.1, 0.15) is 0 Å². The number of aromatic nitrogens is 2. The number of aryl methyl sites for hydroxylation is 1. The second-order valence-corrected chi connectivity index (χ2v) is 4.80. The van der Waals surface area contributed by atoms with Gasteiger partial charge in [-0.15, -0.1) is 0 Å². The predicted molar refractivity (Wildman–Crippen MR) is 64.8 cm³/mol. The van der Waals surface area contributed by atoms with E-state index in [9.17, 15) is 9.59 Å². The molecule has 1 fully saturated rings. The first-order valence-corrected chi connectivity index (χ1v) is 6.22. The van der Waals surface area contributed by atoms with Crippen LogP contribution in [0.1, 0.15) is 37.8 Å². The molecule has 4 nitrogen and oxygen atoms in total. The number of hydrogen-bond donors (Lipinski definition) is 0. The first-order chi connectivity index (χ1) is 8.16. The van der Waals surface area contributed by atoms with Gasteiger partial charge >= 0.3 is 0 Å². The van der Waals surface area contributed by atoms with E-state index in [0.29, 0.717) is 5.69 Å². The fraction of sp³-hybridized carbons (Fsp3) is 0.615. The lowest BCUT2D eigenvalue weighted by molar-refractivity contribution is -0.124. The van der Waals surface area contributed by atoms with Gasteiger partial charge in [-0.05, 0) is 19.8 Å². The number of Topliss-reactive ketones (excluding diaryl/α,β-unsaturated/α-hetero) is 1. The first-order valence-electron chi connectivity index (χ1n) is 6.22. The summed E-state index contributed by atoms with van der Waals surface area (Å²) in [6.45, 7) is 1.95. The molecule has 1 aromatic heterocycles. The Morgan fingerprint density at radius 3 is 2.76 bits per heavy atom. The molecule has 17 heavy (non-hydrogen) atoms. The van der Waals surface area contributed by atoms with Gasteiger partial charge < -0.3 is 0 Å². The van der Waals surface area contributed by atoms with E-state index in [-0.39, 0.29) is 23.8 Å². The van der Waals surface area contributed by atoms with Crippen LogP contribution in [-0.2, 0) is 11.3 Å². The Morgan fingerprint density at radius 1 is 1.41 bits per heavy atom. The maximum atomic E-state index is 12.0. The van der Waals surface area contributed by atoms with Crippen LogP contribution in [0, 0.1) is 12.8 Å². The predicted octanol–water partition coefficient (Wildman–Crippen LogP) is 1.70. The fourth-order valence-corrected chi connectivity index (χ4v) is 2.36. The molecule has 1 aliphatic carbocycles. The smallest absolute Gasteiger partial charge is 0.253 e. The molecule has 0 amide bonds. The molecule has 0 unspecified atom stereocenters. The van der Waals surface area contributed by atoms with Crippen LogP contribution in [0.3, 0.4) is 0 Å². The summed E-state index contributed by atoms with van der Waals surface area (Å²) in [6.07, 6.45) is 6.93. The molecule has 0 bridgehead atoms. The average molecular weight is 234 g/mol. The summed E-state index contributed by atoms with van der Waals surface area (Å²) < 4.78 is 1.41. The third kappa shape index (κ3) is 3.02. The van der Waals surface area contributed by atoms with Crippen LogP contribution >= 0.6 is 0 Å². The van der Waals surface area contributed by atoms with Gasteiger partial charge in [-0.2, -0.15) is 0 Å². The molecule has 92 valence electrons. The van der Waals surface area contributed by atoms with Gasteiger partial charge in [0.2, 0.25) is 0 Å². The molecule has 1 aliphatic rings. The standard InChI is InChI=1S/C13H18N2O2/c1-10-7-13(17)15(9-14-10)8-12(16)11-5-3-2-4-6-11/h7,9,11H,2-6,8H2,1H3. The topological polar surface area (TPSA) is 52.0 Å². The number of nitrogens with zero attached hydrogens (tertiary/aromatic N) is 2. The van der Waals surface area contributed by atoms with Crippen molar-refractivity contribution in [3.8, 4) is 0 Å². The van der Waals surface area contributed by atoms with Crippen molar-refractivity contribution in [1.82, 2.24) is 9.55 Å². The van der Waals surface area contributed by atoms with E-state index in [1.807, 2.05) is 0 Å². The van der Waals surface area contributed by atoms with Crippen LogP contribution in [0.5, 0.6) is 0 Å². The number of hydrogen-bond acceptors (Lipinski definition) is 3. The van der Waals surface area contributed by atoms with Crippen LogP contribution in [0.15, 0.2) is 17.2 Å². The molecule has 0 radical (unpaired) electrons. The molecule has 0 aromatic carbocycles. The highest BCUT2D eigenvalue weighted by molar-refractivity contribution is 5.80. The molecule has 0 spiro atoms. The average Bonchev–Trinajstić information content (AvgIpc) is 2.34. The lowest BCUT2D eigenvalue weighted by Gasteiger charge is -2.20. The molecule has 1 aromatic rings. The molecule has 2 rings (SSSR count). The zero-order chi connectivity index (χ0) is 12.3. The molecule has 0 N–H and O–H groups in total. The summed E-state index contributed by atoms with van der Waals surface area (Å²) in [4.78, 5) is 27.7. The number of rotatable bonds is 3. The van der Waals surface area contributed by atoms with Gasteiger partial charge in [-0.1, -0.05) is 19.3 Å². The van der Waals surface area contributed by atoms with E-state index in [1.54, 1.807) is 6.92 Å². The summed E-state index contributed by atoms with van der Waals surface area (Å²) in [5.74, 6) is 0.328. The second kappa shape index (κ2) is 5.25. The summed E-state index contributed by atoms with van der Waals surface area (Å²) >= 11 is 0. The summed E-state index contributed by atoms with van der Waals surface area (Å²) in [5, 5.41) is 0. The van der Waals surface area contributed by atoms with Crippen molar-refractivity contribution >= 4 is 5.78 Å². The van der Waals surface area contributed by atoms with Gasteiger partial charge in [0, 0.05) is 17.7 Å². The van der Waals surface area contributed by atoms with Gasteiger partial charge in [0.05, 0.1) is 12.9 Å². The van der Waals surface area contributed by atoms with Crippen LogP contribution in [0.4, 0.5) is 0 Å². The Bertz CT molecular complexity index is 459. The Morgan fingerprint density at radius 2 is 2.12 bits per heavy atom.